The molecule has 0 unspecified atom stereocenters. The Morgan fingerprint density at radius 1 is 0.583 bits per heavy atom. The van der Waals surface area contributed by atoms with E-state index in [1.807, 2.05) is 0 Å². The maximum Gasteiger partial charge on any atom is 0.470 e. The Hall–Kier alpha value is -0.800. The van der Waals surface area contributed by atoms with Crippen LogP contribution in [0.5, 0.6) is 0 Å². The summed E-state index contributed by atoms with van der Waals surface area (Å²) < 4.78 is 174. The van der Waals surface area contributed by atoms with E-state index in [4.69, 9.17) is 9.79 Å². The van der Waals surface area contributed by atoms with Crippen LogP contribution in [-0.4, -0.2) is 45.8 Å². The number of hydrogen-bond donors (Lipinski definition) is 2. The Kier molecular flexibility index (Phi) is 5.42. The molecule has 24 heavy (non-hydrogen) atoms. The Morgan fingerprint density at radius 3 is 0.958 bits per heavy atom. The summed E-state index contributed by atoms with van der Waals surface area (Å²) in [6, 6.07) is 0. The lowest BCUT2D eigenvalue weighted by Crippen LogP contribution is -2.77. The highest BCUT2D eigenvalue weighted by Crippen LogP contribution is 2.66. The third kappa shape index (κ3) is 3.43. The van der Waals surface area contributed by atoms with Crippen LogP contribution in [0.1, 0.15) is 0 Å². The molecule has 0 aliphatic rings. The highest BCUT2D eigenvalue weighted by molar-refractivity contribution is 7.46. The molecule has 146 valence electrons. The van der Waals surface area contributed by atoms with Crippen molar-refractivity contribution >= 4 is 7.82 Å². The first kappa shape index (κ1) is 23.2. The lowest BCUT2D eigenvalue weighted by Gasteiger charge is -2.45. The summed E-state index contributed by atoms with van der Waals surface area (Å²) in [6.07, 6.45) is -23.5. The van der Waals surface area contributed by atoms with Crippen LogP contribution in [0, 0.1) is 0 Å². The van der Waals surface area contributed by atoms with Gasteiger partial charge in [-0.05, 0) is 0 Å². The second-order valence-corrected chi connectivity index (χ2v) is 5.07. The van der Waals surface area contributed by atoms with Gasteiger partial charge in [-0.2, -0.15) is 57.1 Å². The number of phosphoric acid groups is 1. The van der Waals surface area contributed by atoms with Crippen molar-refractivity contribution in [2.75, 3.05) is 0 Å². The van der Waals surface area contributed by atoms with E-state index in [1.54, 1.807) is 4.52 Å². The van der Waals surface area contributed by atoms with Crippen LogP contribution in [-0.2, 0) is 9.09 Å². The third-order valence-electron chi connectivity index (χ3n) is 2.25. The van der Waals surface area contributed by atoms with Gasteiger partial charge >= 0.3 is 43.8 Å². The average Bonchev–Trinajstić information content (AvgIpc) is 2.18. The maximum atomic E-state index is 13.0. The molecular weight excluding hydrogens is 414 g/mol. The summed E-state index contributed by atoms with van der Waals surface area (Å²) in [6.45, 7) is 0. The van der Waals surface area contributed by atoms with E-state index in [1.165, 1.54) is 0 Å². The largest absolute Gasteiger partial charge is 0.470 e. The van der Waals surface area contributed by atoms with Gasteiger partial charge in [-0.25, -0.2) is 4.57 Å². The minimum atomic E-state index is -8.13. The number of phosphoric ester groups is 1. The van der Waals surface area contributed by atoms with Crippen LogP contribution in [0.3, 0.4) is 0 Å². The zero-order chi connectivity index (χ0) is 20.2. The van der Waals surface area contributed by atoms with Crippen LogP contribution < -0.4 is 0 Å². The summed E-state index contributed by atoms with van der Waals surface area (Å²) in [5, 5.41) is 0. The number of hydrogen-bond acceptors (Lipinski definition) is 2. The van der Waals surface area contributed by atoms with Crippen molar-refractivity contribution in [1.29, 1.82) is 0 Å². The number of rotatable bonds is 4. The molecule has 0 saturated carbocycles. The van der Waals surface area contributed by atoms with E-state index in [-0.39, 0.29) is 0 Å². The van der Waals surface area contributed by atoms with Gasteiger partial charge in [0.1, 0.15) is 0 Å². The van der Waals surface area contributed by atoms with Gasteiger partial charge in [-0.15, -0.1) is 0 Å². The van der Waals surface area contributed by atoms with Crippen LogP contribution in [0.2, 0.25) is 0 Å². The first-order chi connectivity index (χ1) is 9.96. The molecule has 0 saturated heterocycles. The van der Waals surface area contributed by atoms with Gasteiger partial charge in [-0.3, -0.25) is 4.52 Å². The van der Waals surface area contributed by atoms with E-state index in [2.05, 4.69) is 0 Å². The van der Waals surface area contributed by atoms with E-state index >= 15 is 0 Å². The molecular formula is C6H2F13O4P. The fourth-order valence-electron chi connectivity index (χ4n) is 1.30. The van der Waals surface area contributed by atoms with E-state index in [0.29, 0.717) is 0 Å². The van der Waals surface area contributed by atoms with E-state index < -0.39 is 43.8 Å². The maximum absolute atomic E-state index is 13.0. The fraction of sp³-hybridized carbons (Fsp3) is 1.00. The van der Waals surface area contributed by atoms with Crippen LogP contribution in [0.4, 0.5) is 57.1 Å². The third-order valence-corrected chi connectivity index (χ3v) is 2.76. The summed E-state index contributed by atoms with van der Waals surface area (Å²) in [5.74, 6) is -16.3. The van der Waals surface area contributed by atoms with Gasteiger partial charge < -0.3 is 9.79 Å². The van der Waals surface area contributed by atoms with E-state index in [9.17, 15) is 61.6 Å². The van der Waals surface area contributed by atoms with Gasteiger partial charge in [0, 0.05) is 0 Å². The Morgan fingerprint density at radius 2 is 0.833 bits per heavy atom. The lowest BCUT2D eigenvalue weighted by atomic mass is 9.86. The molecule has 0 fully saturated rings. The second-order valence-electron chi connectivity index (χ2n) is 3.91. The highest BCUT2D eigenvalue weighted by Gasteiger charge is 2.95. The topological polar surface area (TPSA) is 66.8 Å². The molecule has 0 amide bonds. The molecule has 0 aliphatic carbocycles. The van der Waals surface area contributed by atoms with Crippen molar-refractivity contribution in [3.8, 4) is 0 Å². The quantitative estimate of drug-likeness (QED) is 0.541. The van der Waals surface area contributed by atoms with Gasteiger partial charge in [-0.1, -0.05) is 0 Å². The summed E-state index contributed by atoms with van der Waals surface area (Å²) in [4.78, 5) is 15.9. The molecule has 0 aromatic carbocycles. The minimum Gasteiger partial charge on any atom is -0.303 e. The molecule has 0 aliphatic heterocycles. The first-order valence-electron chi connectivity index (χ1n) is 4.68. The Balaban J connectivity index is 7.19. The van der Waals surface area contributed by atoms with Crippen molar-refractivity contribution in [2.45, 2.75) is 36.0 Å². The molecule has 0 bridgehead atoms. The normalized spacial score (nSPS) is 16.5. The van der Waals surface area contributed by atoms with Gasteiger partial charge in [0.25, 0.3) is 0 Å². The number of halogens is 13. The van der Waals surface area contributed by atoms with Crippen molar-refractivity contribution < 1.29 is 76.0 Å². The van der Waals surface area contributed by atoms with Crippen LogP contribution in [0.25, 0.3) is 0 Å². The van der Waals surface area contributed by atoms with Gasteiger partial charge in [0.15, 0.2) is 0 Å². The van der Waals surface area contributed by atoms with E-state index in [0.717, 1.165) is 0 Å². The molecule has 0 heterocycles. The van der Waals surface area contributed by atoms with Crippen molar-refractivity contribution in [3.05, 3.63) is 0 Å². The number of alkyl halides is 13. The Labute approximate surface area is 121 Å². The monoisotopic (exact) mass is 416 g/mol. The first-order valence-corrected chi connectivity index (χ1v) is 6.21. The molecule has 0 atom stereocenters. The highest BCUT2D eigenvalue weighted by atomic mass is 31.2. The predicted octanol–water partition coefficient (Wildman–Crippen LogP) is 3.79. The van der Waals surface area contributed by atoms with Crippen molar-refractivity contribution in [2.24, 2.45) is 0 Å². The summed E-state index contributed by atoms with van der Waals surface area (Å²) in [5.41, 5.74) is -8.00. The molecule has 0 rings (SSSR count). The second kappa shape index (κ2) is 5.60. The Bertz CT molecular complexity index is 484. The van der Waals surface area contributed by atoms with Gasteiger partial charge in [0.2, 0.25) is 0 Å². The minimum absolute atomic E-state index is 1.77. The molecule has 0 aromatic heterocycles. The summed E-state index contributed by atoms with van der Waals surface area (Å²) >= 11 is 0. The lowest BCUT2D eigenvalue weighted by molar-refractivity contribution is -0.471. The van der Waals surface area contributed by atoms with Crippen molar-refractivity contribution in [1.82, 2.24) is 0 Å². The smallest absolute Gasteiger partial charge is 0.303 e. The zero-order valence-corrected chi connectivity index (χ0v) is 11.0. The fourth-order valence-corrected chi connectivity index (χ4v) is 1.99. The molecule has 18 heteroatoms. The summed E-state index contributed by atoms with van der Waals surface area (Å²) in [7, 11) is -7.40. The standard InChI is InChI=1S/C6H2F13O4P/c7-2(8,5(14,15)16)1(4(11,12)13,23-24(20,21)22)3(9,10)6(17,18)19/h(H2,20,21,22). The van der Waals surface area contributed by atoms with Gasteiger partial charge in [0.05, 0.1) is 0 Å². The average molecular weight is 416 g/mol. The van der Waals surface area contributed by atoms with Crippen LogP contribution >= 0.6 is 7.82 Å². The molecule has 2 N–H and O–H groups in total. The van der Waals surface area contributed by atoms with Crippen LogP contribution in [0.15, 0.2) is 0 Å². The predicted molar refractivity (Wildman–Crippen MR) is 43.9 cm³/mol. The molecule has 0 spiro atoms. The zero-order valence-electron chi connectivity index (χ0n) is 10.1. The van der Waals surface area contributed by atoms with Crippen molar-refractivity contribution in [3.63, 3.8) is 0 Å². The SMILES string of the molecule is O=P(O)(O)OC(C(F)(F)F)(C(F)(F)C(F)(F)F)C(F)(F)C(F)(F)F. The molecule has 4 nitrogen and oxygen atoms in total. The molecule has 0 radical (unpaired) electrons. The molecule has 0 aromatic rings.